The maximum absolute atomic E-state index is 12.2. The number of hydrogen-bond donors (Lipinski definition) is 1. The van der Waals surface area contributed by atoms with Crippen LogP contribution >= 0.6 is 11.8 Å². The Morgan fingerprint density at radius 1 is 1.26 bits per heavy atom. The van der Waals surface area contributed by atoms with Crippen molar-refractivity contribution < 1.29 is 14.7 Å². The lowest BCUT2D eigenvalue weighted by molar-refractivity contribution is -0.133. The summed E-state index contributed by atoms with van der Waals surface area (Å²) in [7, 11) is 0. The molecule has 1 aliphatic heterocycles. The van der Waals surface area contributed by atoms with Crippen molar-refractivity contribution >= 4 is 23.6 Å². The van der Waals surface area contributed by atoms with Crippen molar-refractivity contribution in [1.82, 2.24) is 4.90 Å². The first kappa shape index (κ1) is 14.7. The van der Waals surface area contributed by atoms with Gasteiger partial charge in [0.05, 0.1) is 11.5 Å². The van der Waals surface area contributed by atoms with Gasteiger partial charge in [0.25, 0.3) is 0 Å². The summed E-state index contributed by atoms with van der Waals surface area (Å²) in [6, 6.07) is 0.353. The second kappa shape index (κ2) is 5.00. The van der Waals surface area contributed by atoms with E-state index in [0.29, 0.717) is 17.2 Å². The molecule has 1 saturated carbocycles. The Balaban J connectivity index is 1.95. The van der Waals surface area contributed by atoms with E-state index < -0.39 is 5.97 Å². The van der Waals surface area contributed by atoms with Crippen molar-refractivity contribution in [3.63, 3.8) is 0 Å². The number of carboxylic acid groups (broad SMARTS) is 1. The topological polar surface area (TPSA) is 57.6 Å². The quantitative estimate of drug-likeness (QED) is 0.860. The van der Waals surface area contributed by atoms with Crippen LogP contribution in [0.1, 0.15) is 40.0 Å². The first-order chi connectivity index (χ1) is 8.71. The zero-order valence-electron chi connectivity index (χ0n) is 11.9. The first-order valence-corrected chi connectivity index (χ1v) is 7.95. The first-order valence-electron chi connectivity index (χ1n) is 6.80. The molecule has 0 radical (unpaired) electrons. The molecule has 19 heavy (non-hydrogen) atoms. The number of hydrogen-bond acceptors (Lipinski definition) is 3. The number of carbonyl (C=O) groups excluding carboxylic acids is 1. The van der Waals surface area contributed by atoms with Crippen LogP contribution in [0.4, 0.5) is 0 Å². The molecule has 1 amide bonds. The predicted molar refractivity (Wildman–Crippen MR) is 76.2 cm³/mol. The van der Waals surface area contributed by atoms with Gasteiger partial charge in [0, 0.05) is 12.6 Å². The summed E-state index contributed by atoms with van der Waals surface area (Å²) < 4.78 is 0. The number of likely N-dealkylation sites (tertiary alicyclic amines) is 1. The van der Waals surface area contributed by atoms with E-state index in [1.807, 2.05) is 4.90 Å². The normalized spacial score (nSPS) is 32.4. The number of thioether (sulfide) groups is 1. The van der Waals surface area contributed by atoms with Crippen molar-refractivity contribution in [2.45, 2.75) is 46.1 Å². The fourth-order valence-electron chi connectivity index (χ4n) is 4.06. The van der Waals surface area contributed by atoms with Crippen LogP contribution in [-0.4, -0.2) is 46.0 Å². The molecule has 1 N–H and O–H groups in total. The highest BCUT2D eigenvalue weighted by molar-refractivity contribution is 8.00. The van der Waals surface area contributed by atoms with Crippen LogP contribution in [0.5, 0.6) is 0 Å². The van der Waals surface area contributed by atoms with Crippen LogP contribution < -0.4 is 0 Å². The van der Waals surface area contributed by atoms with Gasteiger partial charge < -0.3 is 10.0 Å². The average Bonchev–Trinajstić information content (AvgIpc) is 2.47. The van der Waals surface area contributed by atoms with E-state index >= 15 is 0 Å². The van der Waals surface area contributed by atoms with E-state index in [-0.39, 0.29) is 17.1 Å². The standard InChI is InChI=1S/C14H23NO3S/c1-13(2)4-10-5-14(3,8-13)9-15(10)11(16)6-19-7-12(17)18/h10H,4-9H2,1-3H3,(H,17,18). The molecule has 0 spiro atoms. The number of aliphatic carboxylic acids is 1. The van der Waals surface area contributed by atoms with Crippen LogP contribution in [-0.2, 0) is 9.59 Å². The van der Waals surface area contributed by atoms with Gasteiger partial charge >= 0.3 is 5.97 Å². The third-order valence-electron chi connectivity index (χ3n) is 4.19. The highest BCUT2D eigenvalue weighted by atomic mass is 32.2. The predicted octanol–water partition coefficient (Wildman–Crippen LogP) is 2.23. The van der Waals surface area contributed by atoms with Crippen molar-refractivity contribution in [3.05, 3.63) is 0 Å². The lowest BCUT2D eigenvalue weighted by atomic mass is 9.65. The van der Waals surface area contributed by atoms with Gasteiger partial charge in [0.15, 0.2) is 0 Å². The Bertz CT molecular complexity index is 396. The summed E-state index contributed by atoms with van der Waals surface area (Å²) in [5, 5.41) is 8.61. The molecular weight excluding hydrogens is 262 g/mol. The minimum Gasteiger partial charge on any atom is -0.481 e. The third-order valence-corrected chi connectivity index (χ3v) is 5.09. The molecule has 2 atom stereocenters. The maximum atomic E-state index is 12.2. The van der Waals surface area contributed by atoms with Crippen LogP contribution in [0.25, 0.3) is 0 Å². The highest BCUT2D eigenvalue weighted by Gasteiger charge is 2.50. The van der Waals surface area contributed by atoms with Crippen LogP contribution in [0.2, 0.25) is 0 Å². The fraction of sp³-hybridized carbons (Fsp3) is 0.857. The second-order valence-electron chi connectivity index (χ2n) is 7.12. The van der Waals surface area contributed by atoms with Crippen molar-refractivity contribution in [3.8, 4) is 0 Å². The summed E-state index contributed by atoms with van der Waals surface area (Å²) >= 11 is 1.20. The molecule has 1 saturated heterocycles. The van der Waals surface area contributed by atoms with E-state index in [4.69, 9.17) is 5.11 Å². The number of carbonyl (C=O) groups is 2. The lowest BCUT2D eigenvalue weighted by Crippen LogP contribution is -2.38. The number of rotatable bonds is 4. The second-order valence-corrected chi connectivity index (χ2v) is 8.11. The molecule has 2 unspecified atom stereocenters. The van der Waals surface area contributed by atoms with Crippen molar-refractivity contribution in [1.29, 1.82) is 0 Å². The Kier molecular flexibility index (Phi) is 3.87. The number of carboxylic acids is 1. The van der Waals surface area contributed by atoms with Crippen LogP contribution in [0.15, 0.2) is 0 Å². The van der Waals surface area contributed by atoms with Crippen molar-refractivity contribution in [2.75, 3.05) is 18.1 Å². The van der Waals surface area contributed by atoms with Gasteiger partial charge in [-0.15, -0.1) is 11.8 Å². The Morgan fingerprint density at radius 2 is 1.95 bits per heavy atom. The SMILES string of the molecule is CC1(C)CC2CC(C)(CN2C(=O)CSCC(=O)O)C1. The Labute approximate surface area is 118 Å². The summed E-state index contributed by atoms with van der Waals surface area (Å²) in [5.41, 5.74) is 0.556. The van der Waals surface area contributed by atoms with E-state index in [9.17, 15) is 9.59 Å². The summed E-state index contributed by atoms with van der Waals surface area (Å²) in [5.74, 6) is -0.449. The minimum atomic E-state index is -0.856. The summed E-state index contributed by atoms with van der Waals surface area (Å²) in [4.78, 5) is 24.7. The van der Waals surface area contributed by atoms with Gasteiger partial charge in [-0.3, -0.25) is 9.59 Å². The molecule has 0 aromatic heterocycles. The van der Waals surface area contributed by atoms with Crippen molar-refractivity contribution in [2.24, 2.45) is 10.8 Å². The zero-order chi connectivity index (χ0) is 14.3. The molecule has 5 heteroatoms. The van der Waals surface area contributed by atoms with E-state index in [0.717, 1.165) is 19.4 Å². The monoisotopic (exact) mass is 285 g/mol. The van der Waals surface area contributed by atoms with Gasteiger partial charge in [0.2, 0.25) is 5.91 Å². The molecular formula is C14H23NO3S. The Morgan fingerprint density at radius 3 is 2.58 bits per heavy atom. The largest absolute Gasteiger partial charge is 0.481 e. The van der Waals surface area contributed by atoms with E-state index in [1.54, 1.807) is 0 Å². The highest BCUT2D eigenvalue weighted by Crippen LogP contribution is 2.52. The van der Waals surface area contributed by atoms with Gasteiger partial charge in [-0.2, -0.15) is 0 Å². The summed E-state index contributed by atoms with van der Waals surface area (Å²) in [6.45, 7) is 7.68. The van der Waals surface area contributed by atoms with E-state index in [1.165, 1.54) is 18.2 Å². The van der Waals surface area contributed by atoms with E-state index in [2.05, 4.69) is 20.8 Å². The number of nitrogens with zero attached hydrogens (tertiary/aromatic N) is 1. The molecule has 2 rings (SSSR count). The third kappa shape index (κ3) is 3.44. The van der Waals surface area contributed by atoms with Crippen LogP contribution in [0.3, 0.4) is 0 Å². The van der Waals surface area contributed by atoms with Gasteiger partial charge in [-0.1, -0.05) is 20.8 Å². The zero-order valence-corrected chi connectivity index (χ0v) is 12.8. The fourth-order valence-corrected chi connectivity index (χ4v) is 4.68. The lowest BCUT2D eigenvalue weighted by Gasteiger charge is -2.39. The summed E-state index contributed by atoms with van der Waals surface area (Å²) in [6.07, 6.45) is 3.34. The molecule has 2 fully saturated rings. The average molecular weight is 285 g/mol. The smallest absolute Gasteiger partial charge is 0.313 e. The number of amides is 1. The molecule has 1 aliphatic carbocycles. The molecule has 2 bridgehead atoms. The van der Waals surface area contributed by atoms with Gasteiger partial charge in [-0.25, -0.2) is 0 Å². The molecule has 4 nitrogen and oxygen atoms in total. The minimum absolute atomic E-state index is 0.00695. The Hall–Kier alpha value is -0.710. The molecule has 0 aromatic rings. The van der Waals surface area contributed by atoms with Crippen LogP contribution in [0, 0.1) is 10.8 Å². The molecule has 0 aromatic carbocycles. The number of fused-ring (bicyclic) bond motifs is 2. The molecule has 2 aliphatic rings. The van der Waals surface area contributed by atoms with Gasteiger partial charge in [0.1, 0.15) is 0 Å². The maximum Gasteiger partial charge on any atom is 0.313 e. The van der Waals surface area contributed by atoms with Gasteiger partial charge in [-0.05, 0) is 30.1 Å². The molecule has 108 valence electrons. The molecule has 1 heterocycles.